The largest absolute Gasteiger partial charge is 0.354 e. The van der Waals surface area contributed by atoms with Crippen LogP contribution in [0.1, 0.15) is 5.56 Å². The number of anilines is 2. The molecule has 0 aromatic heterocycles. The molecule has 1 heteroatoms. The minimum atomic E-state index is 1.18. The molecule has 6 rings (SSSR count). The highest BCUT2D eigenvalue weighted by Crippen LogP contribution is 2.47. The lowest BCUT2D eigenvalue weighted by Gasteiger charge is -2.24. The summed E-state index contributed by atoms with van der Waals surface area (Å²) in [5.41, 5.74) is 8.80. The molecule has 0 unspecified atom stereocenters. The Kier molecular flexibility index (Phi) is 3.15. The molecule has 0 aliphatic carbocycles. The summed E-state index contributed by atoms with van der Waals surface area (Å²) in [6.45, 7) is 2.13. The van der Waals surface area contributed by atoms with Crippen molar-refractivity contribution < 1.29 is 0 Å². The summed E-state index contributed by atoms with van der Waals surface area (Å²) >= 11 is 0. The van der Waals surface area contributed by atoms with Crippen LogP contribution in [0, 0.1) is 6.92 Å². The summed E-state index contributed by atoms with van der Waals surface area (Å²) in [4.78, 5) is 0. The Bertz CT molecular complexity index is 1370. The first-order valence-corrected chi connectivity index (χ1v) is 9.71. The average molecular weight is 357 g/mol. The molecule has 28 heavy (non-hydrogen) atoms. The van der Waals surface area contributed by atoms with Gasteiger partial charge in [0, 0.05) is 22.3 Å². The number of benzene rings is 5. The second kappa shape index (κ2) is 5.71. The summed E-state index contributed by atoms with van der Waals surface area (Å²) in [5, 5.41) is 8.81. The van der Waals surface area contributed by atoms with Crippen molar-refractivity contribution in [3.05, 3.63) is 96.6 Å². The molecule has 0 bridgehead atoms. The molecule has 5 aromatic rings. The predicted molar refractivity (Wildman–Crippen MR) is 120 cm³/mol. The fraction of sp³-hybridized carbons (Fsp3) is 0.0370. The van der Waals surface area contributed by atoms with Crippen molar-refractivity contribution in [2.24, 2.45) is 0 Å². The number of fused-ring (bicyclic) bond motifs is 4. The predicted octanol–water partition coefficient (Wildman–Crippen LogP) is 7.69. The van der Waals surface area contributed by atoms with Crippen LogP contribution in [0.15, 0.2) is 91.0 Å². The maximum Gasteiger partial charge on any atom is 0.0470 e. The van der Waals surface area contributed by atoms with Crippen LogP contribution in [0.4, 0.5) is 11.4 Å². The molecular weight excluding hydrogens is 338 g/mol. The molecule has 1 nitrogen and oxygen atoms in total. The molecule has 0 saturated carbocycles. The molecule has 0 atom stereocenters. The first-order valence-electron chi connectivity index (χ1n) is 9.71. The minimum Gasteiger partial charge on any atom is -0.354 e. The number of rotatable bonds is 1. The highest BCUT2D eigenvalue weighted by atomic mass is 14.9. The smallest absolute Gasteiger partial charge is 0.0470 e. The molecule has 0 amide bonds. The van der Waals surface area contributed by atoms with Gasteiger partial charge in [0.15, 0.2) is 0 Å². The Labute approximate surface area is 164 Å². The van der Waals surface area contributed by atoms with Gasteiger partial charge in [0.1, 0.15) is 0 Å². The number of hydrogen-bond acceptors (Lipinski definition) is 1. The lowest BCUT2D eigenvalue weighted by molar-refractivity contribution is 1.47. The lowest BCUT2D eigenvalue weighted by atomic mass is 9.88. The van der Waals surface area contributed by atoms with Crippen LogP contribution >= 0.6 is 0 Å². The summed E-state index contributed by atoms with van der Waals surface area (Å²) in [7, 11) is 0. The molecule has 1 N–H and O–H groups in total. The number of aryl methyl sites for hydroxylation is 1. The van der Waals surface area contributed by atoms with Gasteiger partial charge < -0.3 is 5.32 Å². The third kappa shape index (κ3) is 2.20. The molecule has 0 saturated heterocycles. The van der Waals surface area contributed by atoms with E-state index in [1.165, 1.54) is 60.7 Å². The normalized spacial score (nSPS) is 12.0. The second-order valence-electron chi connectivity index (χ2n) is 7.62. The molecular formula is C27H19N. The third-order valence-corrected chi connectivity index (χ3v) is 5.85. The first kappa shape index (κ1) is 15.5. The van der Waals surface area contributed by atoms with Crippen molar-refractivity contribution >= 4 is 32.9 Å². The number of hydrogen-bond donors (Lipinski definition) is 1. The van der Waals surface area contributed by atoms with Crippen molar-refractivity contribution in [2.75, 3.05) is 5.32 Å². The molecule has 1 aliphatic rings. The Hall–Kier alpha value is -3.58. The van der Waals surface area contributed by atoms with E-state index in [0.29, 0.717) is 0 Å². The number of nitrogens with one attached hydrogen (secondary N) is 1. The molecule has 5 aromatic carbocycles. The summed E-state index contributed by atoms with van der Waals surface area (Å²) in [6, 6.07) is 33.1. The zero-order valence-electron chi connectivity index (χ0n) is 15.7. The van der Waals surface area contributed by atoms with Crippen molar-refractivity contribution in [3.63, 3.8) is 0 Å². The van der Waals surface area contributed by atoms with Gasteiger partial charge >= 0.3 is 0 Å². The van der Waals surface area contributed by atoms with Crippen LogP contribution < -0.4 is 5.32 Å². The van der Waals surface area contributed by atoms with Gasteiger partial charge in [-0.2, -0.15) is 0 Å². The van der Waals surface area contributed by atoms with E-state index in [-0.39, 0.29) is 0 Å². The van der Waals surface area contributed by atoms with E-state index in [0.717, 1.165) is 0 Å². The quantitative estimate of drug-likeness (QED) is 0.318. The third-order valence-electron chi connectivity index (χ3n) is 5.85. The van der Waals surface area contributed by atoms with E-state index in [2.05, 4.69) is 103 Å². The summed E-state index contributed by atoms with van der Waals surface area (Å²) in [6.07, 6.45) is 0. The molecule has 0 radical (unpaired) electrons. The van der Waals surface area contributed by atoms with Crippen molar-refractivity contribution in [1.82, 2.24) is 0 Å². The standard InChI is InChI=1S/C27H19N/c1-17-8-10-18(11-9-17)20-12-14-22-21(16-20)13-15-25-27(22)23-6-2-4-19-5-3-7-24(28-25)26(19)23/h2-16,28H,1H3. The Morgan fingerprint density at radius 3 is 2.25 bits per heavy atom. The molecule has 0 fully saturated rings. The zero-order chi connectivity index (χ0) is 18.7. The Balaban J connectivity index is 1.62. The van der Waals surface area contributed by atoms with E-state index in [1.807, 2.05) is 0 Å². The van der Waals surface area contributed by atoms with Crippen molar-refractivity contribution in [1.29, 1.82) is 0 Å². The van der Waals surface area contributed by atoms with Crippen LogP contribution in [-0.4, -0.2) is 0 Å². The van der Waals surface area contributed by atoms with Gasteiger partial charge in [-0.3, -0.25) is 0 Å². The monoisotopic (exact) mass is 357 g/mol. The molecule has 1 heterocycles. The molecule has 1 aliphatic heterocycles. The fourth-order valence-corrected chi connectivity index (χ4v) is 4.45. The highest BCUT2D eigenvalue weighted by molar-refractivity contribution is 6.17. The van der Waals surface area contributed by atoms with Crippen LogP contribution in [0.3, 0.4) is 0 Å². The van der Waals surface area contributed by atoms with Gasteiger partial charge in [0.25, 0.3) is 0 Å². The van der Waals surface area contributed by atoms with E-state index >= 15 is 0 Å². The topological polar surface area (TPSA) is 12.0 Å². The van der Waals surface area contributed by atoms with Crippen LogP contribution in [0.2, 0.25) is 0 Å². The van der Waals surface area contributed by atoms with Gasteiger partial charge in [0.05, 0.1) is 0 Å². The maximum atomic E-state index is 3.65. The molecule has 132 valence electrons. The van der Waals surface area contributed by atoms with E-state index in [1.54, 1.807) is 0 Å². The SMILES string of the molecule is Cc1ccc(-c2ccc3c4c(ccc3c2)Nc2cccc3cccc-4c23)cc1. The van der Waals surface area contributed by atoms with Gasteiger partial charge in [-0.1, -0.05) is 78.4 Å². The van der Waals surface area contributed by atoms with E-state index in [4.69, 9.17) is 0 Å². The summed E-state index contributed by atoms with van der Waals surface area (Å²) in [5.74, 6) is 0. The van der Waals surface area contributed by atoms with Crippen LogP contribution in [0.5, 0.6) is 0 Å². The van der Waals surface area contributed by atoms with Gasteiger partial charge in [-0.15, -0.1) is 0 Å². The Morgan fingerprint density at radius 2 is 1.39 bits per heavy atom. The Morgan fingerprint density at radius 1 is 0.607 bits per heavy atom. The highest BCUT2D eigenvalue weighted by Gasteiger charge is 2.19. The van der Waals surface area contributed by atoms with Crippen LogP contribution in [0.25, 0.3) is 43.8 Å². The fourth-order valence-electron chi connectivity index (χ4n) is 4.45. The summed E-state index contributed by atoms with van der Waals surface area (Å²) < 4.78 is 0. The average Bonchev–Trinajstić information content (AvgIpc) is 2.74. The van der Waals surface area contributed by atoms with Crippen LogP contribution in [-0.2, 0) is 0 Å². The zero-order valence-corrected chi connectivity index (χ0v) is 15.7. The van der Waals surface area contributed by atoms with E-state index in [9.17, 15) is 0 Å². The molecule has 0 spiro atoms. The van der Waals surface area contributed by atoms with Gasteiger partial charge in [0.2, 0.25) is 0 Å². The van der Waals surface area contributed by atoms with Gasteiger partial charge in [-0.25, -0.2) is 0 Å². The minimum absolute atomic E-state index is 1.18. The second-order valence-corrected chi connectivity index (χ2v) is 7.62. The van der Waals surface area contributed by atoms with Gasteiger partial charge in [-0.05, 0) is 58.0 Å². The first-order chi connectivity index (χ1) is 13.8. The lowest BCUT2D eigenvalue weighted by Crippen LogP contribution is -2.01. The van der Waals surface area contributed by atoms with Crippen molar-refractivity contribution in [2.45, 2.75) is 6.92 Å². The maximum absolute atomic E-state index is 3.65. The van der Waals surface area contributed by atoms with Crippen molar-refractivity contribution in [3.8, 4) is 22.3 Å². The van der Waals surface area contributed by atoms with E-state index < -0.39 is 0 Å².